The summed E-state index contributed by atoms with van der Waals surface area (Å²) in [6, 6.07) is 8.42. The molecule has 1 N–H and O–H groups in total. The number of rotatable bonds is 4. The van der Waals surface area contributed by atoms with Gasteiger partial charge < -0.3 is 14.9 Å². The van der Waals surface area contributed by atoms with Crippen molar-refractivity contribution in [3.05, 3.63) is 52.2 Å². The smallest absolute Gasteiger partial charge is 0.254 e. The van der Waals surface area contributed by atoms with Crippen molar-refractivity contribution in [3.63, 3.8) is 0 Å². The predicted molar refractivity (Wildman–Crippen MR) is 93.2 cm³/mol. The minimum atomic E-state index is -0.101. The van der Waals surface area contributed by atoms with E-state index in [1.807, 2.05) is 16.3 Å². The summed E-state index contributed by atoms with van der Waals surface area (Å²) in [5.41, 5.74) is 1.68. The van der Waals surface area contributed by atoms with Crippen molar-refractivity contribution in [2.24, 2.45) is 0 Å². The van der Waals surface area contributed by atoms with Gasteiger partial charge >= 0.3 is 0 Å². The molecule has 1 aliphatic rings. The van der Waals surface area contributed by atoms with Crippen molar-refractivity contribution in [3.8, 4) is 5.75 Å². The molecule has 0 saturated carbocycles. The number of carbonyl (C=O) groups excluding carboxylic acids is 2. The van der Waals surface area contributed by atoms with Crippen LogP contribution in [0.5, 0.6) is 5.75 Å². The van der Waals surface area contributed by atoms with Gasteiger partial charge in [0.2, 0.25) is 5.91 Å². The van der Waals surface area contributed by atoms with Crippen molar-refractivity contribution in [2.45, 2.75) is 12.8 Å². The Morgan fingerprint density at radius 1 is 1.08 bits per heavy atom. The Labute approximate surface area is 145 Å². The highest BCUT2D eigenvalue weighted by Crippen LogP contribution is 2.15. The number of nitrogens with zero attached hydrogens (tertiary/aromatic N) is 2. The summed E-state index contributed by atoms with van der Waals surface area (Å²) >= 11 is 1.64. The Morgan fingerprint density at radius 2 is 1.83 bits per heavy atom. The average Bonchev–Trinajstić information content (AvgIpc) is 3.13. The van der Waals surface area contributed by atoms with Gasteiger partial charge in [-0.1, -0.05) is 6.07 Å². The molecule has 0 unspecified atom stereocenters. The van der Waals surface area contributed by atoms with Gasteiger partial charge in [-0.25, -0.2) is 0 Å². The number of phenols is 1. The molecule has 1 aromatic heterocycles. The topological polar surface area (TPSA) is 60.9 Å². The van der Waals surface area contributed by atoms with Crippen molar-refractivity contribution < 1.29 is 14.7 Å². The number of hydrogen-bond acceptors (Lipinski definition) is 4. The first kappa shape index (κ1) is 16.5. The van der Waals surface area contributed by atoms with E-state index in [2.05, 4.69) is 5.38 Å². The van der Waals surface area contributed by atoms with Crippen LogP contribution in [-0.4, -0.2) is 52.9 Å². The lowest BCUT2D eigenvalue weighted by atomic mass is 10.1. The Morgan fingerprint density at radius 3 is 2.50 bits per heavy atom. The Hall–Kier alpha value is -2.34. The minimum absolute atomic E-state index is 0.0862. The fraction of sp³-hybridized carbons (Fsp3) is 0.333. The van der Waals surface area contributed by atoms with Crippen LogP contribution in [0.25, 0.3) is 0 Å². The molecule has 24 heavy (non-hydrogen) atoms. The van der Waals surface area contributed by atoms with E-state index in [9.17, 15) is 14.7 Å². The van der Waals surface area contributed by atoms with Gasteiger partial charge in [0.05, 0.1) is 0 Å². The zero-order chi connectivity index (χ0) is 16.9. The molecule has 2 aromatic rings. The summed E-state index contributed by atoms with van der Waals surface area (Å²) < 4.78 is 0. The Balaban J connectivity index is 1.50. The second kappa shape index (κ2) is 7.49. The molecule has 0 bridgehead atoms. The number of hydrogen-bond donors (Lipinski definition) is 1. The molecule has 0 atom stereocenters. The van der Waals surface area contributed by atoms with Crippen LogP contribution in [0.1, 0.15) is 22.3 Å². The zero-order valence-electron chi connectivity index (χ0n) is 13.4. The van der Waals surface area contributed by atoms with Crippen LogP contribution in [0.3, 0.4) is 0 Å². The maximum absolute atomic E-state index is 12.4. The SMILES string of the molecule is O=C(CCc1ccsc1)N1CCN(C(=O)c2cccc(O)c2)CC1. The lowest BCUT2D eigenvalue weighted by Crippen LogP contribution is -2.50. The largest absolute Gasteiger partial charge is 0.508 e. The normalized spacial score (nSPS) is 14.7. The van der Waals surface area contributed by atoms with Gasteiger partial charge in [0.15, 0.2) is 0 Å². The molecule has 6 heteroatoms. The van der Waals surface area contributed by atoms with Gasteiger partial charge in [-0.2, -0.15) is 11.3 Å². The molecule has 0 aliphatic carbocycles. The van der Waals surface area contributed by atoms with Crippen LogP contribution in [0.15, 0.2) is 41.1 Å². The van der Waals surface area contributed by atoms with E-state index in [4.69, 9.17) is 0 Å². The molecule has 0 spiro atoms. The lowest BCUT2D eigenvalue weighted by molar-refractivity contribution is -0.132. The summed E-state index contributed by atoms with van der Waals surface area (Å²) in [6.07, 6.45) is 1.28. The number of amides is 2. The maximum atomic E-state index is 12.4. The molecule has 0 radical (unpaired) electrons. The number of thiophene rings is 1. The van der Waals surface area contributed by atoms with E-state index in [0.717, 1.165) is 6.42 Å². The van der Waals surface area contributed by atoms with E-state index < -0.39 is 0 Å². The van der Waals surface area contributed by atoms with Crippen LogP contribution >= 0.6 is 11.3 Å². The minimum Gasteiger partial charge on any atom is -0.508 e. The number of piperazine rings is 1. The molecule has 1 aromatic carbocycles. The van der Waals surface area contributed by atoms with Crippen LogP contribution in [0.4, 0.5) is 0 Å². The van der Waals surface area contributed by atoms with Gasteiger partial charge in [0, 0.05) is 38.2 Å². The molecule has 3 rings (SSSR count). The monoisotopic (exact) mass is 344 g/mol. The van der Waals surface area contributed by atoms with Crippen LogP contribution in [0.2, 0.25) is 0 Å². The third kappa shape index (κ3) is 3.94. The first-order valence-corrected chi connectivity index (χ1v) is 8.95. The van der Waals surface area contributed by atoms with Crippen LogP contribution in [-0.2, 0) is 11.2 Å². The number of carbonyl (C=O) groups is 2. The molecule has 126 valence electrons. The zero-order valence-corrected chi connectivity index (χ0v) is 14.2. The summed E-state index contributed by atoms with van der Waals surface area (Å²) in [5.74, 6) is 0.130. The van der Waals surface area contributed by atoms with Gasteiger partial charge in [-0.05, 0) is 47.0 Å². The second-order valence-electron chi connectivity index (χ2n) is 5.85. The van der Waals surface area contributed by atoms with Gasteiger partial charge in [-0.15, -0.1) is 0 Å². The summed E-state index contributed by atoms with van der Waals surface area (Å²) in [5, 5.41) is 13.6. The molecule has 2 heterocycles. The van der Waals surface area contributed by atoms with Crippen LogP contribution < -0.4 is 0 Å². The Kier molecular flexibility index (Phi) is 5.15. The number of aryl methyl sites for hydroxylation is 1. The Bertz CT molecular complexity index is 707. The first-order chi connectivity index (χ1) is 11.6. The summed E-state index contributed by atoms with van der Waals surface area (Å²) in [6.45, 7) is 2.18. The maximum Gasteiger partial charge on any atom is 0.254 e. The highest BCUT2D eigenvalue weighted by molar-refractivity contribution is 7.07. The van der Waals surface area contributed by atoms with Gasteiger partial charge in [0.1, 0.15) is 5.75 Å². The highest BCUT2D eigenvalue weighted by atomic mass is 32.1. The van der Waals surface area contributed by atoms with Crippen molar-refractivity contribution >= 4 is 23.2 Å². The quantitative estimate of drug-likeness (QED) is 0.926. The third-order valence-electron chi connectivity index (χ3n) is 4.22. The standard InChI is InChI=1S/C18H20N2O3S/c21-16-3-1-2-15(12-16)18(23)20-9-7-19(8-10-20)17(22)5-4-14-6-11-24-13-14/h1-3,6,11-13,21H,4-5,7-10H2. The van der Waals surface area contributed by atoms with Gasteiger partial charge in [0.25, 0.3) is 5.91 Å². The second-order valence-corrected chi connectivity index (χ2v) is 6.63. The van der Waals surface area contributed by atoms with Crippen molar-refractivity contribution in [1.82, 2.24) is 9.80 Å². The number of benzene rings is 1. The lowest BCUT2D eigenvalue weighted by Gasteiger charge is -2.35. The highest BCUT2D eigenvalue weighted by Gasteiger charge is 2.24. The predicted octanol–water partition coefficient (Wildman–Crippen LogP) is 2.37. The molecular formula is C18H20N2O3S. The van der Waals surface area contributed by atoms with Crippen LogP contribution in [0, 0.1) is 0 Å². The van der Waals surface area contributed by atoms with Crippen molar-refractivity contribution in [2.75, 3.05) is 26.2 Å². The van der Waals surface area contributed by atoms with E-state index in [0.29, 0.717) is 38.2 Å². The van der Waals surface area contributed by atoms with E-state index in [1.54, 1.807) is 34.4 Å². The summed E-state index contributed by atoms with van der Waals surface area (Å²) in [4.78, 5) is 28.3. The molecule has 2 amide bonds. The number of aromatic hydroxyl groups is 1. The average molecular weight is 344 g/mol. The fourth-order valence-electron chi connectivity index (χ4n) is 2.82. The van der Waals surface area contributed by atoms with E-state index in [-0.39, 0.29) is 17.6 Å². The first-order valence-electron chi connectivity index (χ1n) is 8.00. The molecular weight excluding hydrogens is 324 g/mol. The van der Waals surface area contributed by atoms with E-state index >= 15 is 0 Å². The molecule has 1 saturated heterocycles. The fourth-order valence-corrected chi connectivity index (χ4v) is 3.53. The van der Waals surface area contributed by atoms with Gasteiger partial charge in [-0.3, -0.25) is 9.59 Å². The molecule has 1 aliphatic heterocycles. The molecule has 1 fully saturated rings. The third-order valence-corrected chi connectivity index (χ3v) is 4.95. The molecule has 5 nitrogen and oxygen atoms in total. The van der Waals surface area contributed by atoms with Crippen molar-refractivity contribution in [1.29, 1.82) is 0 Å². The van der Waals surface area contributed by atoms with E-state index in [1.165, 1.54) is 11.6 Å². The number of phenolic OH excluding ortho intramolecular Hbond substituents is 1. The summed E-state index contributed by atoms with van der Waals surface area (Å²) in [7, 11) is 0.